The Balaban J connectivity index is 1.50. The Morgan fingerprint density at radius 3 is 2.73 bits per heavy atom. The van der Waals surface area contributed by atoms with Crippen molar-refractivity contribution < 1.29 is 8.81 Å². The van der Waals surface area contributed by atoms with Crippen LogP contribution in [-0.2, 0) is 0 Å². The van der Waals surface area contributed by atoms with E-state index in [2.05, 4.69) is 14.9 Å². The van der Waals surface area contributed by atoms with Crippen molar-refractivity contribution in [3.63, 3.8) is 0 Å². The Kier molecular flexibility index (Phi) is 3.24. The number of halogens is 2. The summed E-state index contributed by atoms with van der Waals surface area (Å²) in [4.78, 5) is 22.9. The van der Waals surface area contributed by atoms with Gasteiger partial charge in [0.05, 0.1) is 5.02 Å². The van der Waals surface area contributed by atoms with Crippen LogP contribution in [0.3, 0.4) is 0 Å². The summed E-state index contributed by atoms with van der Waals surface area (Å²) in [5.74, 6) is 0.640. The lowest BCUT2D eigenvalue weighted by atomic mass is 9.97. The zero-order valence-electron chi connectivity index (χ0n) is 13.7. The van der Waals surface area contributed by atoms with E-state index in [4.69, 9.17) is 16.0 Å². The van der Waals surface area contributed by atoms with Gasteiger partial charge in [-0.3, -0.25) is 0 Å². The molecule has 0 radical (unpaired) electrons. The van der Waals surface area contributed by atoms with Crippen LogP contribution in [0.25, 0.3) is 17.1 Å². The fourth-order valence-corrected chi connectivity index (χ4v) is 3.51. The molecular weight excluding hydrogens is 359 g/mol. The minimum Gasteiger partial charge on any atom is -0.441 e. The average molecular weight is 373 g/mol. The van der Waals surface area contributed by atoms with Crippen molar-refractivity contribution in [1.29, 1.82) is 0 Å². The molecule has 2 aliphatic rings. The van der Waals surface area contributed by atoms with Crippen molar-refractivity contribution in [1.82, 2.24) is 14.5 Å². The van der Waals surface area contributed by atoms with Crippen LogP contribution >= 0.6 is 11.6 Å². The fraction of sp³-hybridized carbons (Fsp3) is 0.278. The molecule has 1 aliphatic heterocycles. The van der Waals surface area contributed by atoms with Crippen molar-refractivity contribution in [2.45, 2.75) is 12.8 Å². The minimum atomic E-state index is -0.570. The molecule has 26 heavy (non-hydrogen) atoms. The molecule has 2 aromatic heterocycles. The van der Waals surface area contributed by atoms with Crippen LogP contribution in [0, 0.1) is 11.2 Å². The third kappa shape index (κ3) is 2.42. The number of anilines is 1. The number of rotatable bonds is 3. The summed E-state index contributed by atoms with van der Waals surface area (Å²) in [5, 5.41) is 0.0148. The van der Waals surface area contributed by atoms with Gasteiger partial charge in [0.2, 0.25) is 0 Å². The van der Waals surface area contributed by atoms with Gasteiger partial charge in [0, 0.05) is 30.3 Å². The smallest absolute Gasteiger partial charge is 0.355 e. The molecule has 1 saturated heterocycles. The Morgan fingerprint density at radius 2 is 2.04 bits per heavy atom. The van der Waals surface area contributed by atoms with E-state index in [9.17, 15) is 9.18 Å². The molecule has 1 spiro atoms. The predicted molar refractivity (Wildman–Crippen MR) is 94.2 cm³/mol. The van der Waals surface area contributed by atoms with Gasteiger partial charge in [-0.05, 0) is 37.1 Å². The minimum absolute atomic E-state index is 0.0148. The second-order valence-corrected chi connectivity index (χ2v) is 7.34. The van der Waals surface area contributed by atoms with Gasteiger partial charge in [0.15, 0.2) is 18.0 Å². The molecule has 3 aromatic rings. The maximum Gasteiger partial charge on any atom is 0.355 e. The normalized spacial score (nSPS) is 17.4. The first-order valence-corrected chi connectivity index (χ1v) is 8.66. The van der Waals surface area contributed by atoms with Gasteiger partial charge in [-0.1, -0.05) is 11.6 Å². The van der Waals surface area contributed by atoms with E-state index in [1.54, 1.807) is 18.3 Å². The number of benzene rings is 1. The summed E-state index contributed by atoms with van der Waals surface area (Å²) < 4.78 is 20.4. The highest BCUT2D eigenvalue weighted by Crippen LogP contribution is 2.53. The molecule has 0 bridgehead atoms. The molecule has 1 aromatic carbocycles. The lowest BCUT2D eigenvalue weighted by Gasteiger charge is -2.40. The molecular formula is C18H14ClFN4O2. The highest BCUT2D eigenvalue weighted by Gasteiger charge is 2.52. The maximum atomic E-state index is 13.8. The highest BCUT2D eigenvalue weighted by atomic mass is 35.5. The van der Waals surface area contributed by atoms with Crippen molar-refractivity contribution in [3.05, 3.63) is 58.2 Å². The Bertz CT molecular complexity index is 1070. The summed E-state index contributed by atoms with van der Waals surface area (Å²) in [7, 11) is 0. The van der Waals surface area contributed by atoms with Gasteiger partial charge in [-0.25, -0.2) is 13.8 Å². The van der Waals surface area contributed by atoms with Crippen molar-refractivity contribution in [2.75, 3.05) is 18.0 Å². The highest BCUT2D eigenvalue weighted by molar-refractivity contribution is 6.30. The van der Waals surface area contributed by atoms with E-state index >= 15 is 0 Å². The van der Waals surface area contributed by atoms with Gasteiger partial charge < -0.3 is 9.32 Å². The van der Waals surface area contributed by atoms with Gasteiger partial charge in [-0.2, -0.15) is 9.97 Å². The number of hydrogen-bond donors (Lipinski definition) is 0. The van der Waals surface area contributed by atoms with E-state index in [1.807, 2.05) is 0 Å². The molecule has 2 fully saturated rings. The van der Waals surface area contributed by atoms with E-state index in [0.717, 1.165) is 13.1 Å². The van der Waals surface area contributed by atoms with Crippen LogP contribution in [0.15, 0.2) is 46.1 Å². The molecule has 3 heterocycles. The molecule has 132 valence electrons. The molecule has 0 N–H and O–H groups in total. The van der Waals surface area contributed by atoms with Crippen LogP contribution in [0.5, 0.6) is 0 Å². The molecule has 0 unspecified atom stereocenters. The zero-order valence-corrected chi connectivity index (χ0v) is 14.4. The Hall–Kier alpha value is -2.67. The van der Waals surface area contributed by atoms with Crippen LogP contribution in [-0.4, -0.2) is 27.6 Å². The second kappa shape index (κ2) is 5.41. The standard InChI is InChI=1S/C18H14ClFN4O2/c19-12-2-1-11(7-13(12)20)15-16(21-10-26-15)24-6-3-14(22-17(24)25)23-8-18(9-23)4-5-18/h1-3,6-7,10H,4-5,8-9H2. The van der Waals surface area contributed by atoms with E-state index < -0.39 is 11.5 Å². The second-order valence-electron chi connectivity index (χ2n) is 6.93. The average Bonchev–Trinajstić information content (AvgIpc) is 3.26. The summed E-state index contributed by atoms with van der Waals surface area (Å²) in [6.07, 6.45) is 5.36. The summed E-state index contributed by atoms with van der Waals surface area (Å²) in [6.45, 7) is 1.92. The zero-order chi connectivity index (χ0) is 17.9. The van der Waals surface area contributed by atoms with Gasteiger partial charge >= 0.3 is 5.69 Å². The van der Waals surface area contributed by atoms with Crippen LogP contribution in [0.4, 0.5) is 10.2 Å². The number of aromatic nitrogens is 3. The number of oxazole rings is 1. The third-order valence-corrected chi connectivity index (χ3v) is 5.39. The molecule has 5 rings (SSSR count). The number of hydrogen-bond acceptors (Lipinski definition) is 5. The number of nitrogens with zero attached hydrogens (tertiary/aromatic N) is 4. The topological polar surface area (TPSA) is 64.2 Å². The van der Waals surface area contributed by atoms with Crippen LogP contribution in [0.2, 0.25) is 5.02 Å². The van der Waals surface area contributed by atoms with E-state index in [-0.39, 0.29) is 16.6 Å². The van der Waals surface area contributed by atoms with Gasteiger partial charge in [0.25, 0.3) is 0 Å². The quantitative estimate of drug-likeness (QED) is 0.706. The first-order chi connectivity index (χ1) is 12.5. The molecule has 0 atom stereocenters. The molecule has 1 aliphatic carbocycles. The Morgan fingerprint density at radius 1 is 1.23 bits per heavy atom. The molecule has 1 saturated carbocycles. The molecule has 8 heteroatoms. The molecule has 0 amide bonds. The third-order valence-electron chi connectivity index (χ3n) is 5.08. The first-order valence-electron chi connectivity index (χ1n) is 8.29. The predicted octanol–water partition coefficient (Wildman–Crippen LogP) is 3.28. The van der Waals surface area contributed by atoms with Crippen molar-refractivity contribution >= 4 is 17.4 Å². The van der Waals surface area contributed by atoms with Gasteiger partial charge in [0.1, 0.15) is 11.6 Å². The lowest BCUT2D eigenvalue weighted by molar-refractivity contribution is 0.384. The summed E-state index contributed by atoms with van der Waals surface area (Å²) in [5.41, 5.74) is 0.465. The Labute approximate surface area is 152 Å². The largest absolute Gasteiger partial charge is 0.441 e. The summed E-state index contributed by atoms with van der Waals surface area (Å²) in [6, 6.07) is 6.07. The maximum absolute atomic E-state index is 13.8. The lowest BCUT2D eigenvalue weighted by Crippen LogP contribution is -2.49. The van der Waals surface area contributed by atoms with Crippen molar-refractivity contribution in [3.8, 4) is 17.1 Å². The van der Waals surface area contributed by atoms with Crippen molar-refractivity contribution in [2.24, 2.45) is 5.41 Å². The SMILES string of the molecule is O=c1nc(N2CC3(CC3)C2)ccn1-c1ncoc1-c1ccc(Cl)c(F)c1. The fourth-order valence-electron chi connectivity index (χ4n) is 3.40. The monoisotopic (exact) mass is 372 g/mol. The first kappa shape index (κ1) is 15.6. The summed E-state index contributed by atoms with van der Waals surface area (Å²) >= 11 is 5.72. The van der Waals surface area contributed by atoms with Crippen LogP contribution < -0.4 is 10.6 Å². The molecule has 6 nitrogen and oxygen atoms in total. The van der Waals surface area contributed by atoms with E-state index in [1.165, 1.54) is 35.9 Å². The van der Waals surface area contributed by atoms with Gasteiger partial charge in [-0.15, -0.1) is 0 Å². The van der Waals surface area contributed by atoms with E-state index in [0.29, 0.717) is 16.8 Å². The van der Waals surface area contributed by atoms with Crippen LogP contribution in [0.1, 0.15) is 12.8 Å².